The first-order valence-electron chi connectivity index (χ1n) is 9.60. The summed E-state index contributed by atoms with van der Waals surface area (Å²) in [4.78, 5) is 15.9. The fourth-order valence-corrected chi connectivity index (χ4v) is 3.58. The number of rotatable bonds is 5. The number of anilines is 1. The number of hydrogen-bond acceptors (Lipinski definition) is 5. The zero-order valence-electron chi connectivity index (χ0n) is 17.1. The predicted octanol–water partition coefficient (Wildman–Crippen LogP) is 4.89. The van der Waals surface area contributed by atoms with Crippen LogP contribution in [0.25, 0.3) is 22.0 Å². The molecule has 28 heavy (non-hydrogen) atoms. The number of aromatic nitrogens is 2. The highest BCUT2D eigenvalue weighted by atomic mass is 16.5. The Morgan fingerprint density at radius 2 is 1.96 bits per heavy atom. The molecule has 1 aliphatic rings. The van der Waals surface area contributed by atoms with Crippen molar-refractivity contribution in [3.05, 3.63) is 54.5 Å². The van der Waals surface area contributed by atoms with E-state index in [1.807, 2.05) is 26.0 Å². The molecule has 0 radical (unpaired) electrons. The Labute approximate surface area is 167 Å². The molecule has 1 aromatic heterocycles. The topological polar surface area (TPSA) is 50.6 Å². The zero-order chi connectivity index (χ0) is 20.3. The van der Waals surface area contributed by atoms with Gasteiger partial charge < -0.3 is 9.64 Å². The maximum atomic E-state index is 5.91. The minimum atomic E-state index is 0.152. The van der Waals surface area contributed by atoms with Crippen molar-refractivity contribution in [2.24, 2.45) is 4.99 Å². The Hall–Kier alpha value is -2.79. The molecule has 1 aliphatic heterocycles. The van der Waals surface area contributed by atoms with E-state index in [4.69, 9.17) is 14.7 Å². The Bertz CT molecular complexity index is 950. The van der Waals surface area contributed by atoms with E-state index < -0.39 is 0 Å². The molecule has 0 aliphatic carbocycles. The molecule has 5 heteroatoms. The lowest BCUT2D eigenvalue weighted by molar-refractivity contribution is -0.00537. The van der Waals surface area contributed by atoms with Crippen LogP contribution in [0.4, 0.5) is 5.82 Å². The van der Waals surface area contributed by atoms with Crippen LogP contribution >= 0.6 is 0 Å². The summed E-state index contributed by atoms with van der Waals surface area (Å²) in [6.07, 6.45) is 5.95. The second-order valence-corrected chi connectivity index (χ2v) is 7.28. The highest BCUT2D eigenvalue weighted by molar-refractivity contribution is 5.93. The summed E-state index contributed by atoms with van der Waals surface area (Å²) in [5.41, 5.74) is 3.80. The smallest absolute Gasteiger partial charge is 0.161 e. The number of hydrogen-bond donors (Lipinski definition) is 0. The third-order valence-corrected chi connectivity index (χ3v) is 4.79. The van der Waals surface area contributed by atoms with E-state index in [1.54, 1.807) is 6.20 Å². The predicted molar refractivity (Wildman–Crippen MR) is 119 cm³/mol. The van der Waals surface area contributed by atoms with E-state index in [0.29, 0.717) is 5.82 Å². The average Bonchev–Trinajstić information content (AvgIpc) is 2.66. The second kappa shape index (κ2) is 8.48. The van der Waals surface area contributed by atoms with Gasteiger partial charge in [-0.2, -0.15) is 0 Å². The average molecular weight is 377 g/mol. The number of nitrogens with zero attached hydrogens (tertiary/aromatic N) is 4. The zero-order valence-corrected chi connectivity index (χ0v) is 17.1. The molecule has 2 atom stereocenters. The summed E-state index contributed by atoms with van der Waals surface area (Å²) in [6.45, 7) is 17.5. The van der Waals surface area contributed by atoms with Gasteiger partial charge in [0.05, 0.1) is 17.7 Å². The Morgan fingerprint density at radius 3 is 2.61 bits per heavy atom. The fraction of sp³-hybridized carbons (Fsp3) is 0.348. The van der Waals surface area contributed by atoms with Crippen LogP contribution in [0.1, 0.15) is 39.1 Å². The summed E-state index contributed by atoms with van der Waals surface area (Å²) in [7, 11) is 0. The second-order valence-electron chi connectivity index (χ2n) is 7.28. The number of aliphatic imine (C=N–C) groups is 1. The first-order chi connectivity index (χ1) is 13.4. The molecule has 2 aromatic rings. The van der Waals surface area contributed by atoms with E-state index in [-0.39, 0.29) is 12.2 Å². The molecule has 146 valence electrons. The number of ether oxygens (including phenoxy) is 1. The lowest BCUT2D eigenvalue weighted by atomic mass is 10.1. The lowest BCUT2D eigenvalue weighted by Crippen LogP contribution is -2.46. The minimum absolute atomic E-state index is 0.152. The van der Waals surface area contributed by atoms with Crippen LogP contribution in [0, 0.1) is 0 Å². The standard InChI is InChI=1S/C23H28N4O/c1-7-8-15(2)22-25-21-11-19(16(3)12-24-6)9-10-20(21)23(26-22)27-13-17(4)28-18(5)14-27/h7-12,17-18H,2,6,13-14H2,1,3-5H3/b8-7-,16-12+. The molecular formula is C23H28N4O. The molecule has 0 saturated carbocycles. The third kappa shape index (κ3) is 4.20. The highest BCUT2D eigenvalue weighted by Gasteiger charge is 2.25. The first-order valence-corrected chi connectivity index (χ1v) is 9.60. The Kier molecular flexibility index (Phi) is 6.05. The van der Waals surface area contributed by atoms with Crippen molar-refractivity contribution >= 4 is 34.6 Å². The van der Waals surface area contributed by atoms with Crippen molar-refractivity contribution < 1.29 is 4.74 Å². The summed E-state index contributed by atoms with van der Waals surface area (Å²) in [5, 5.41) is 1.03. The monoisotopic (exact) mass is 376 g/mol. The molecule has 1 fully saturated rings. The minimum Gasteiger partial charge on any atom is -0.372 e. The van der Waals surface area contributed by atoms with Gasteiger partial charge >= 0.3 is 0 Å². The van der Waals surface area contributed by atoms with Crippen LogP contribution in [0.15, 0.2) is 48.1 Å². The third-order valence-electron chi connectivity index (χ3n) is 4.79. The fourth-order valence-electron chi connectivity index (χ4n) is 3.58. The van der Waals surface area contributed by atoms with Gasteiger partial charge in [-0.1, -0.05) is 24.8 Å². The summed E-state index contributed by atoms with van der Waals surface area (Å²) in [5.74, 6) is 1.58. The molecule has 1 aromatic carbocycles. The van der Waals surface area contributed by atoms with Crippen LogP contribution < -0.4 is 4.90 Å². The van der Waals surface area contributed by atoms with Crippen LogP contribution in [-0.2, 0) is 4.74 Å². The van der Waals surface area contributed by atoms with Crippen molar-refractivity contribution in [1.29, 1.82) is 0 Å². The maximum absolute atomic E-state index is 5.91. The molecule has 0 N–H and O–H groups in total. The molecular weight excluding hydrogens is 348 g/mol. The van der Waals surface area contributed by atoms with Gasteiger partial charge in [-0.05, 0) is 57.7 Å². The van der Waals surface area contributed by atoms with Crippen molar-refractivity contribution in [3.63, 3.8) is 0 Å². The molecule has 0 amide bonds. The van der Waals surface area contributed by atoms with Gasteiger partial charge in [-0.3, -0.25) is 4.99 Å². The first kappa shape index (κ1) is 20.0. The van der Waals surface area contributed by atoms with Gasteiger partial charge in [0.1, 0.15) is 5.82 Å². The number of benzene rings is 1. The van der Waals surface area contributed by atoms with E-state index in [2.05, 4.69) is 55.2 Å². The molecule has 2 unspecified atom stereocenters. The van der Waals surface area contributed by atoms with Crippen molar-refractivity contribution in [3.8, 4) is 0 Å². The SMILES string of the molecule is C=N/C=C(\C)c1ccc2c(N3CC(C)OC(C)C3)nc(C(=C)/C=C\C)nc2c1. The normalized spacial score (nSPS) is 20.7. The van der Waals surface area contributed by atoms with Gasteiger partial charge in [-0.15, -0.1) is 0 Å². The Balaban J connectivity index is 2.18. The van der Waals surface area contributed by atoms with Crippen LogP contribution in [-0.4, -0.2) is 42.0 Å². The van der Waals surface area contributed by atoms with E-state index >= 15 is 0 Å². The van der Waals surface area contributed by atoms with Crippen LogP contribution in [0.2, 0.25) is 0 Å². The summed E-state index contributed by atoms with van der Waals surface area (Å²) >= 11 is 0. The summed E-state index contributed by atoms with van der Waals surface area (Å²) < 4.78 is 5.91. The molecule has 5 nitrogen and oxygen atoms in total. The molecule has 3 rings (SSSR count). The van der Waals surface area contributed by atoms with E-state index in [9.17, 15) is 0 Å². The van der Waals surface area contributed by atoms with E-state index in [0.717, 1.165) is 46.5 Å². The molecule has 0 bridgehead atoms. The number of morpholine rings is 1. The number of allylic oxidation sites excluding steroid dienone is 4. The summed E-state index contributed by atoms with van der Waals surface area (Å²) in [6, 6.07) is 6.25. The van der Waals surface area contributed by atoms with Crippen LogP contribution in [0.3, 0.4) is 0 Å². The largest absolute Gasteiger partial charge is 0.372 e. The maximum Gasteiger partial charge on any atom is 0.161 e. The highest BCUT2D eigenvalue weighted by Crippen LogP contribution is 2.30. The number of fused-ring (bicyclic) bond motifs is 1. The van der Waals surface area contributed by atoms with Crippen molar-refractivity contribution in [1.82, 2.24) is 9.97 Å². The molecule has 1 saturated heterocycles. The lowest BCUT2D eigenvalue weighted by Gasteiger charge is -2.36. The Morgan fingerprint density at radius 1 is 1.25 bits per heavy atom. The van der Waals surface area contributed by atoms with Gasteiger partial charge in [0.2, 0.25) is 0 Å². The van der Waals surface area contributed by atoms with Gasteiger partial charge in [0.25, 0.3) is 0 Å². The molecule has 2 heterocycles. The van der Waals surface area contributed by atoms with Gasteiger partial charge in [-0.25, -0.2) is 9.97 Å². The van der Waals surface area contributed by atoms with Crippen molar-refractivity contribution in [2.75, 3.05) is 18.0 Å². The van der Waals surface area contributed by atoms with Crippen molar-refractivity contribution in [2.45, 2.75) is 39.9 Å². The molecule has 0 spiro atoms. The van der Waals surface area contributed by atoms with Gasteiger partial charge in [0, 0.05) is 30.2 Å². The van der Waals surface area contributed by atoms with E-state index in [1.165, 1.54) is 0 Å². The van der Waals surface area contributed by atoms with Crippen LogP contribution in [0.5, 0.6) is 0 Å². The van der Waals surface area contributed by atoms with Gasteiger partial charge in [0.15, 0.2) is 5.82 Å². The quantitative estimate of drug-likeness (QED) is 0.550.